The summed E-state index contributed by atoms with van der Waals surface area (Å²) in [5, 5.41) is 15.3. The van der Waals surface area contributed by atoms with Crippen molar-refractivity contribution in [1.29, 1.82) is 5.26 Å². The largest absolute Gasteiger partial charge is 0.495 e. The molecule has 196 valence electrons. The van der Waals surface area contributed by atoms with Crippen molar-refractivity contribution in [1.82, 2.24) is 0 Å². The fourth-order valence-electron chi connectivity index (χ4n) is 3.54. The van der Waals surface area contributed by atoms with Gasteiger partial charge in [0.2, 0.25) is 0 Å². The van der Waals surface area contributed by atoms with Crippen molar-refractivity contribution in [3.05, 3.63) is 81.9 Å². The van der Waals surface area contributed by atoms with Crippen molar-refractivity contribution in [2.75, 3.05) is 31.0 Å². The maximum atomic E-state index is 12.8. The number of rotatable bonds is 10. The Kier molecular flexibility index (Phi) is 9.74. The lowest BCUT2D eigenvalue weighted by molar-refractivity contribution is -0.118. The molecule has 2 N–H and O–H groups in total. The summed E-state index contributed by atoms with van der Waals surface area (Å²) in [4.78, 5) is 25.3. The molecule has 2 amide bonds. The fourth-order valence-corrected chi connectivity index (χ4v) is 3.81. The van der Waals surface area contributed by atoms with Crippen LogP contribution >= 0.6 is 11.6 Å². The molecule has 0 bridgehead atoms. The lowest BCUT2D eigenvalue weighted by atomic mass is 10.1. The Morgan fingerprint density at radius 2 is 1.74 bits per heavy atom. The highest BCUT2D eigenvalue weighted by Gasteiger charge is 2.17. The smallest absolute Gasteiger partial charge is 0.266 e. The summed E-state index contributed by atoms with van der Waals surface area (Å²) in [5.74, 6) is -0.0295. The summed E-state index contributed by atoms with van der Waals surface area (Å²) in [7, 11) is 1.51. The zero-order valence-electron chi connectivity index (χ0n) is 21.6. The van der Waals surface area contributed by atoms with Gasteiger partial charge >= 0.3 is 0 Å². The van der Waals surface area contributed by atoms with E-state index in [2.05, 4.69) is 10.6 Å². The van der Waals surface area contributed by atoms with E-state index in [1.165, 1.54) is 19.3 Å². The number of halogens is 1. The maximum absolute atomic E-state index is 12.8. The van der Waals surface area contributed by atoms with Crippen LogP contribution in [0.4, 0.5) is 11.4 Å². The molecule has 0 spiro atoms. The highest BCUT2D eigenvalue weighted by Crippen LogP contribution is 2.37. The van der Waals surface area contributed by atoms with Crippen LogP contribution in [0.3, 0.4) is 0 Å². The SMILES string of the molecule is CCOc1cc(/C=C(/C#N)C(=O)Nc2cccc(C)c2C)cc(Cl)c1OCC(=O)Nc1ccccc1OC. The van der Waals surface area contributed by atoms with Crippen LogP contribution < -0.4 is 24.8 Å². The van der Waals surface area contributed by atoms with Crippen molar-refractivity contribution in [3.63, 3.8) is 0 Å². The predicted molar refractivity (Wildman–Crippen MR) is 148 cm³/mol. The van der Waals surface area contributed by atoms with E-state index in [9.17, 15) is 14.9 Å². The number of aryl methyl sites for hydroxylation is 1. The number of nitrogens with zero attached hydrogens (tertiary/aromatic N) is 1. The van der Waals surface area contributed by atoms with Crippen LogP contribution in [0, 0.1) is 25.2 Å². The van der Waals surface area contributed by atoms with Crippen LogP contribution in [0.15, 0.2) is 60.2 Å². The average Bonchev–Trinajstić information content (AvgIpc) is 2.89. The molecular formula is C29H28ClN3O5. The number of amides is 2. The van der Waals surface area contributed by atoms with Gasteiger partial charge < -0.3 is 24.8 Å². The van der Waals surface area contributed by atoms with Crippen molar-refractivity contribution in [2.24, 2.45) is 0 Å². The van der Waals surface area contributed by atoms with Gasteiger partial charge in [-0.15, -0.1) is 0 Å². The molecule has 3 aromatic rings. The molecule has 0 saturated carbocycles. The van der Waals surface area contributed by atoms with E-state index in [1.54, 1.807) is 43.3 Å². The van der Waals surface area contributed by atoms with Gasteiger partial charge in [0, 0.05) is 5.69 Å². The van der Waals surface area contributed by atoms with Gasteiger partial charge in [-0.2, -0.15) is 5.26 Å². The second-order valence-electron chi connectivity index (χ2n) is 8.17. The summed E-state index contributed by atoms with van der Waals surface area (Å²) < 4.78 is 16.6. The molecule has 0 aliphatic rings. The molecule has 0 aliphatic heterocycles. The van der Waals surface area contributed by atoms with Crippen molar-refractivity contribution in [3.8, 4) is 23.3 Å². The summed E-state index contributed by atoms with van der Waals surface area (Å²) in [6, 6.07) is 17.6. The van der Waals surface area contributed by atoms with Gasteiger partial charge in [-0.25, -0.2) is 0 Å². The number of hydrogen-bond acceptors (Lipinski definition) is 6. The first kappa shape index (κ1) is 28.1. The summed E-state index contributed by atoms with van der Waals surface area (Å²) in [5.41, 5.74) is 3.40. The molecule has 3 rings (SSSR count). The van der Waals surface area contributed by atoms with E-state index in [0.717, 1.165) is 11.1 Å². The van der Waals surface area contributed by atoms with Crippen molar-refractivity contribution in [2.45, 2.75) is 20.8 Å². The minimum Gasteiger partial charge on any atom is -0.495 e. The maximum Gasteiger partial charge on any atom is 0.266 e. The van der Waals surface area contributed by atoms with Crippen LogP contribution in [0.5, 0.6) is 17.2 Å². The number of methoxy groups -OCH3 is 1. The van der Waals surface area contributed by atoms with Gasteiger partial charge in [-0.1, -0.05) is 35.9 Å². The minimum absolute atomic E-state index is 0.116. The van der Waals surface area contributed by atoms with E-state index >= 15 is 0 Å². The van der Waals surface area contributed by atoms with Crippen LogP contribution in [-0.4, -0.2) is 32.1 Å². The van der Waals surface area contributed by atoms with Crippen LogP contribution in [0.1, 0.15) is 23.6 Å². The van der Waals surface area contributed by atoms with E-state index in [0.29, 0.717) is 29.3 Å². The summed E-state index contributed by atoms with van der Waals surface area (Å²) >= 11 is 6.47. The first-order valence-electron chi connectivity index (χ1n) is 11.8. The number of anilines is 2. The molecule has 9 heteroatoms. The third kappa shape index (κ3) is 7.05. The topological polar surface area (TPSA) is 110 Å². The highest BCUT2D eigenvalue weighted by atomic mass is 35.5. The molecule has 38 heavy (non-hydrogen) atoms. The van der Waals surface area contributed by atoms with E-state index in [1.807, 2.05) is 32.0 Å². The molecule has 0 saturated heterocycles. The Hall–Kier alpha value is -4.48. The Morgan fingerprint density at radius 1 is 1.00 bits per heavy atom. The zero-order chi connectivity index (χ0) is 27.7. The van der Waals surface area contributed by atoms with E-state index in [4.69, 9.17) is 25.8 Å². The van der Waals surface area contributed by atoms with Crippen LogP contribution in [-0.2, 0) is 9.59 Å². The number of para-hydroxylation sites is 2. The van der Waals surface area contributed by atoms with E-state index in [-0.39, 0.29) is 28.7 Å². The number of benzene rings is 3. The Labute approximate surface area is 226 Å². The van der Waals surface area contributed by atoms with Gasteiger partial charge in [0.1, 0.15) is 17.4 Å². The van der Waals surface area contributed by atoms with Gasteiger partial charge in [0.25, 0.3) is 11.8 Å². The predicted octanol–water partition coefficient (Wildman–Crippen LogP) is 5.93. The summed E-state index contributed by atoms with van der Waals surface area (Å²) in [6.45, 7) is 5.58. The Morgan fingerprint density at radius 3 is 2.45 bits per heavy atom. The van der Waals surface area contributed by atoms with Crippen LogP contribution in [0.2, 0.25) is 5.02 Å². The molecule has 0 heterocycles. The number of carbonyl (C=O) groups excluding carboxylic acids is 2. The first-order chi connectivity index (χ1) is 18.3. The molecule has 0 atom stereocenters. The first-order valence-corrected chi connectivity index (χ1v) is 12.2. The van der Waals surface area contributed by atoms with E-state index < -0.39 is 11.8 Å². The number of ether oxygens (including phenoxy) is 3. The standard InChI is InChI=1S/C29H28ClN3O5/c1-5-37-26-15-20(13-21(16-31)29(35)33-23-11-8-9-18(2)19(23)3)14-22(30)28(26)38-17-27(34)32-24-10-6-7-12-25(24)36-4/h6-15H,5,17H2,1-4H3,(H,32,34)(H,33,35)/b21-13-. The number of nitrogens with one attached hydrogen (secondary N) is 2. The van der Waals surface area contributed by atoms with Gasteiger partial charge in [0.05, 0.1) is 24.4 Å². The molecule has 0 fully saturated rings. The van der Waals surface area contributed by atoms with Crippen molar-refractivity contribution < 1.29 is 23.8 Å². The lowest BCUT2D eigenvalue weighted by Crippen LogP contribution is -2.21. The van der Waals surface area contributed by atoms with Gasteiger partial charge in [-0.3, -0.25) is 9.59 Å². The minimum atomic E-state index is -0.552. The molecule has 8 nitrogen and oxygen atoms in total. The normalized spacial score (nSPS) is 10.8. The van der Waals surface area contributed by atoms with Gasteiger partial charge in [0.15, 0.2) is 18.1 Å². The zero-order valence-corrected chi connectivity index (χ0v) is 22.3. The lowest BCUT2D eigenvalue weighted by Gasteiger charge is -2.15. The molecule has 0 unspecified atom stereocenters. The third-order valence-electron chi connectivity index (χ3n) is 5.59. The molecular weight excluding hydrogens is 506 g/mol. The second-order valence-corrected chi connectivity index (χ2v) is 8.58. The molecule has 0 aromatic heterocycles. The highest BCUT2D eigenvalue weighted by molar-refractivity contribution is 6.32. The molecule has 3 aromatic carbocycles. The number of hydrogen-bond donors (Lipinski definition) is 2. The average molecular weight is 534 g/mol. The Bertz CT molecular complexity index is 1410. The fraction of sp³-hybridized carbons (Fsp3) is 0.207. The number of nitriles is 1. The molecule has 0 aliphatic carbocycles. The summed E-state index contributed by atoms with van der Waals surface area (Å²) in [6.07, 6.45) is 1.41. The molecule has 0 radical (unpaired) electrons. The second kappa shape index (κ2) is 13.2. The number of carbonyl (C=O) groups is 2. The quantitative estimate of drug-likeness (QED) is 0.247. The monoisotopic (exact) mass is 533 g/mol. The third-order valence-corrected chi connectivity index (χ3v) is 5.87. The van der Waals surface area contributed by atoms with Gasteiger partial charge in [-0.05, 0) is 73.9 Å². The Balaban J connectivity index is 1.79. The van der Waals surface area contributed by atoms with Crippen molar-refractivity contribution >= 4 is 40.9 Å². The van der Waals surface area contributed by atoms with Crippen LogP contribution in [0.25, 0.3) is 6.08 Å².